The largest absolute Gasteiger partial charge is 0.390 e. The van der Waals surface area contributed by atoms with Crippen molar-refractivity contribution in [2.24, 2.45) is 17.8 Å². The summed E-state index contributed by atoms with van der Waals surface area (Å²) in [7, 11) is 0. The van der Waals surface area contributed by atoms with Crippen LogP contribution >= 0.6 is 0 Å². The van der Waals surface area contributed by atoms with Crippen LogP contribution in [0.2, 0.25) is 0 Å². The number of aliphatic hydroxyl groups excluding tert-OH is 1. The van der Waals surface area contributed by atoms with E-state index in [2.05, 4.69) is 83.6 Å². The Balaban J connectivity index is 1.60. The van der Waals surface area contributed by atoms with Crippen LogP contribution in [0.1, 0.15) is 84.3 Å². The van der Waals surface area contributed by atoms with Crippen molar-refractivity contribution in [1.29, 1.82) is 0 Å². The molecular formula is C45H60N4O5. The van der Waals surface area contributed by atoms with Gasteiger partial charge < -0.3 is 26.4 Å². The number of hydrogen-bond donors (Lipinski definition) is 5. The van der Waals surface area contributed by atoms with Crippen molar-refractivity contribution >= 4 is 45.2 Å². The maximum atomic E-state index is 14.6. The third kappa shape index (κ3) is 13.0. The molecule has 0 bridgehead atoms. The van der Waals surface area contributed by atoms with Crippen LogP contribution in [-0.2, 0) is 32.0 Å². The van der Waals surface area contributed by atoms with Gasteiger partial charge >= 0.3 is 0 Å². The van der Waals surface area contributed by atoms with E-state index in [9.17, 15) is 24.3 Å². The summed E-state index contributed by atoms with van der Waals surface area (Å²) < 4.78 is 0. The van der Waals surface area contributed by atoms with Gasteiger partial charge in [0.05, 0.1) is 18.6 Å². The number of carbonyl (C=O) groups is 4. The van der Waals surface area contributed by atoms with Crippen LogP contribution in [0.3, 0.4) is 0 Å². The molecular weight excluding hydrogens is 677 g/mol. The highest BCUT2D eigenvalue weighted by molar-refractivity contribution is 5.91. The predicted molar refractivity (Wildman–Crippen MR) is 218 cm³/mol. The summed E-state index contributed by atoms with van der Waals surface area (Å²) in [5.74, 6) is -1.08. The normalized spacial score (nSPS) is 13.7. The fraction of sp³-hybridized carbons (Fsp3) is 0.467. The standard InChI is InChI=1S/C45H60N4O5/c1-6-31(4)29-47-43(52)28-42(51)41(25-30(2)3)49-45(54)40(23-11-12-24-46-32(5)50)48-44(53)37(26-35-19-13-17-33-15-7-9-21-38(33)35)27-36-20-14-18-34-16-8-10-22-39(34)36/h7-10,13-22,30-31,37,40-42,51H,6,11-12,23-29H2,1-5H3,(H,46,50)(H,47,52)(H,48,53)(H,49,54)/t31-,40-,41-,42-/m0/s1. The molecule has 9 nitrogen and oxygen atoms in total. The van der Waals surface area contributed by atoms with Crippen molar-refractivity contribution in [2.75, 3.05) is 13.1 Å². The first-order valence-electron chi connectivity index (χ1n) is 19.7. The van der Waals surface area contributed by atoms with E-state index in [-0.39, 0.29) is 30.1 Å². The smallest absolute Gasteiger partial charge is 0.242 e. The van der Waals surface area contributed by atoms with Gasteiger partial charge in [0, 0.05) is 25.9 Å². The molecule has 9 heteroatoms. The SMILES string of the molecule is CC[C@H](C)CNC(=O)C[C@H](O)[C@H](CC(C)C)NC(=O)[C@H](CCCCNC(C)=O)NC(=O)C(Cc1cccc2ccccc12)Cc1cccc2ccccc12. The highest BCUT2D eigenvalue weighted by Gasteiger charge is 2.31. The number of rotatable bonds is 21. The van der Waals surface area contributed by atoms with Crippen LogP contribution in [0, 0.1) is 17.8 Å². The van der Waals surface area contributed by atoms with Gasteiger partial charge in [-0.25, -0.2) is 0 Å². The van der Waals surface area contributed by atoms with Gasteiger partial charge in [0.25, 0.3) is 0 Å². The fourth-order valence-electron chi connectivity index (χ4n) is 6.97. The Morgan fingerprint density at radius 2 is 1.28 bits per heavy atom. The molecule has 4 atom stereocenters. The van der Waals surface area contributed by atoms with Gasteiger partial charge in [-0.1, -0.05) is 119 Å². The average Bonchev–Trinajstić information content (AvgIpc) is 3.15. The summed E-state index contributed by atoms with van der Waals surface area (Å²) >= 11 is 0. The van der Waals surface area contributed by atoms with Crippen LogP contribution in [0.15, 0.2) is 84.9 Å². The molecule has 0 aliphatic rings. The number of aliphatic hydroxyl groups is 1. The summed E-state index contributed by atoms with van der Waals surface area (Å²) in [5.41, 5.74) is 2.10. The molecule has 4 aromatic rings. The lowest BCUT2D eigenvalue weighted by Gasteiger charge is -2.29. The van der Waals surface area contributed by atoms with Crippen molar-refractivity contribution < 1.29 is 24.3 Å². The zero-order valence-corrected chi connectivity index (χ0v) is 32.7. The third-order valence-electron chi connectivity index (χ3n) is 10.2. The molecule has 4 amide bonds. The highest BCUT2D eigenvalue weighted by Crippen LogP contribution is 2.27. The number of amides is 4. The van der Waals surface area contributed by atoms with Gasteiger partial charge in [-0.2, -0.15) is 0 Å². The average molecular weight is 737 g/mol. The summed E-state index contributed by atoms with van der Waals surface area (Å²) in [4.78, 5) is 53.0. The van der Waals surface area contributed by atoms with E-state index in [1.54, 1.807) is 0 Å². The molecule has 0 spiro atoms. The Morgan fingerprint density at radius 3 is 1.83 bits per heavy atom. The topological polar surface area (TPSA) is 137 Å². The van der Waals surface area contributed by atoms with Crippen LogP contribution < -0.4 is 21.3 Å². The second-order valence-corrected chi connectivity index (χ2v) is 15.3. The Morgan fingerprint density at radius 1 is 0.704 bits per heavy atom. The molecule has 0 radical (unpaired) electrons. The van der Waals surface area contributed by atoms with E-state index in [1.165, 1.54) is 6.92 Å². The molecule has 0 aliphatic heterocycles. The molecule has 0 unspecified atom stereocenters. The molecule has 54 heavy (non-hydrogen) atoms. The molecule has 0 aliphatic carbocycles. The summed E-state index contributed by atoms with van der Waals surface area (Å²) in [5, 5.41) is 27.5. The predicted octanol–water partition coefficient (Wildman–Crippen LogP) is 6.63. The summed E-state index contributed by atoms with van der Waals surface area (Å²) in [6, 6.07) is 27.0. The Bertz CT molecular complexity index is 1750. The Hall–Kier alpha value is -4.76. The van der Waals surface area contributed by atoms with Gasteiger partial charge in [0.2, 0.25) is 23.6 Å². The molecule has 0 saturated carbocycles. The quantitative estimate of drug-likeness (QED) is 0.0613. The van der Waals surface area contributed by atoms with Gasteiger partial charge in [0.1, 0.15) is 6.04 Å². The minimum absolute atomic E-state index is 0.124. The van der Waals surface area contributed by atoms with E-state index in [0.717, 1.165) is 39.1 Å². The second-order valence-electron chi connectivity index (χ2n) is 15.3. The molecule has 0 aromatic heterocycles. The Labute approximate surface area is 321 Å². The zero-order chi connectivity index (χ0) is 39.0. The monoisotopic (exact) mass is 736 g/mol. The Kier molecular flexibility index (Phi) is 16.5. The van der Waals surface area contributed by atoms with Crippen LogP contribution in [-0.4, -0.2) is 60.0 Å². The fourth-order valence-corrected chi connectivity index (χ4v) is 6.97. The first-order valence-corrected chi connectivity index (χ1v) is 19.7. The first kappa shape index (κ1) is 42.0. The second kappa shape index (κ2) is 21.2. The van der Waals surface area contributed by atoms with Crippen molar-refractivity contribution in [3.8, 4) is 0 Å². The third-order valence-corrected chi connectivity index (χ3v) is 10.2. The maximum absolute atomic E-state index is 14.6. The number of carbonyl (C=O) groups excluding carboxylic acids is 4. The minimum atomic E-state index is -1.10. The van der Waals surface area contributed by atoms with E-state index >= 15 is 0 Å². The number of nitrogens with one attached hydrogen (secondary N) is 4. The lowest BCUT2D eigenvalue weighted by Crippen LogP contribution is -2.54. The number of benzene rings is 4. The summed E-state index contributed by atoms with van der Waals surface area (Å²) in [6.45, 7) is 10.6. The van der Waals surface area contributed by atoms with Crippen molar-refractivity contribution in [3.63, 3.8) is 0 Å². The molecule has 0 fully saturated rings. The molecule has 4 rings (SSSR count). The van der Waals surface area contributed by atoms with E-state index in [1.807, 2.05) is 50.2 Å². The molecule has 0 heterocycles. The highest BCUT2D eigenvalue weighted by atomic mass is 16.3. The van der Waals surface area contributed by atoms with Gasteiger partial charge in [-0.15, -0.1) is 0 Å². The van der Waals surface area contributed by atoms with Gasteiger partial charge in [-0.3, -0.25) is 19.2 Å². The van der Waals surface area contributed by atoms with E-state index in [4.69, 9.17) is 0 Å². The van der Waals surface area contributed by atoms with Gasteiger partial charge in [0.15, 0.2) is 0 Å². The van der Waals surface area contributed by atoms with Crippen molar-refractivity contribution in [3.05, 3.63) is 96.1 Å². The van der Waals surface area contributed by atoms with Crippen molar-refractivity contribution in [2.45, 2.75) is 104 Å². The zero-order valence-electron chi connectivity index (χ0n) is 32.7. The molecule has 4 aromatic carbocycles. The minimum Gasteiger partial charge on any atom is -0.390 e. The lowest BCUT2D eigenvalue weighted by molar-refractivity contribution is -0.132. The van der Waals surface area contributed by atoms with Crippen molar-refractivity contribution in [1.82, 2.24) is 21.3 Å². The van der Waals surface area contributed by atoms with E-state index < -0.39 is 30.0 Å². The number of fused-ring (bicyclic) bond motifs is 2. The van der Waals surface area contributed by atoms with E-state index in [0.29, 0.717) is 57.5 Å². The van der Waals surface area contributed by atoms with Crippen LogP contribution in [0.5, 0.6) is 0 Å². The number of hydrogen-bond acceptors (Lipinski definition) is 5. The van der Waals surface area contributed by atoms with Crippen LogP contribution in [0.25, 0.3) is 21.5 Å². The molecule has 0 saturated heterocycles. The number of unbranched alkanes of at least 4 members (excludes halogenated alkanes) is 1. The van der Waals surface area contributed by atoms with Gasteiger partial charge in [-0.05, 0) is 83.0 Å². The molecule has 290 valence electrons. The molecule has 5 N–H and O–H groups in total. The van der Waals surface area contributed by atoms with Crippen LogP contribution in [0.4, 0.5) is 0 Å². The summed E-state index contributed by atoms with van der Waals surface area (Å²) in [6.07, 6.45) is 2.62. The maximum Gasteiger partial charge on any atom is 0.242 e. The lowest BCUT2D eigenvalue weighted by atomic mass is 9.87. The first-order chi connectivity index (χ1) is 25.9.